The van der Waals surface area contributed by atoms with Gasteiger partial charge in [0.2, 0.25) is 0 Å². The van der Waals surface area contributed by atoms with Gasteiger partial charge in [0.15, 0.2) is 9.58 Å². The van der Waals surface area contributed by atoms with Crippen molar-refractivity contribution in [1.29, 1.82) is 0 Å². The molecule has 1 heterocycles. The predicted octanol–water partition coefficient (Wildman–Crippen LogP) is 4.63. The van der Waals surface area contributed by atoms with Gasteiger partial charge in [0.25, 0.3) is 0 Å². The van der Waals surface area contributed by atoms with Crippen molar-refractivity contribution in [3.63, 3.8) is 0 Å². The van der Waals surface area contributed by atoms with Crippen LogP contribution in [0.4, 0.5) is 13.2 Å². The van der Waals surface area contributed by atoms with Crippen molar-refractivity contribution in [1.82, 2.24) is 0 Å². The van der Waals surface area contributed by atoms with E-state index in [9.17, 15) is 13.2 Å². The van der Waals surface area contributed by atoms with Crippen LogP contribution in [-0.2, 0) is 5.51 Å². The highest BCUT2D eigenvalue weighted by Crippen LogP contribution is 2.55. The monoisotopic (exact) mass is 376 g/mol. The van der Waals surface area contributed by atoms with Crippen molar-refractivity contribution in [2.24, 2.45) is 0 Å². The molecule has 24 heavy (non-hydrogen) atoms. The Bertz CT molecular complexity index is 680. The third-order valence-corrected chi connectivity index (χ3v) is 7.13. The topological polar surface area (TPSA) is 0 Å². The molecule has 0 saturated heterocycles. The fourth-order valence-corrected chi connectivity index (χ4v) is 5.85. The molecule has 1 aromatic carbocycles. The summed E-state index contributed by atoms with van der Waals surface area (Å²) in [6.07, 6.45) is 6.27. The second-order valence-electron chi connectivity index (χ2n) is 6.94. The SMILES string of the molecule is CC(C)c1ccc2cc(C3CCCCCC3)[s+](C(F)(F)F)c2c1.[Cl-]. The highest BCUT2D eigenvalue weighted by molar-refractivity contribution is 7.38. The first-order valence-electron chi connectivity index (χ1n) is 8.54. The third kappa shape index (κ3) is 3.91. The lowest BCUT2D eigenvalue weighted by atomic mass is 9.98. The van der Waals surface area contributed by atoms with Gasteiger partial charge in [-0.2, -0.15) is 0 Å². The van der Waals surface area contributed by atoms with E-state index in [1.165, 1.54) is 0 Å². The Kier molecular flexibility index (Phi) is 6.24. The summed E-state index contributed by atoms with van der Waals surface area (Å²) in [5.41, 5.74) is -3.17. The largest absolute Gasteiger partial charge is 1.00 e. The summed E-state index contributed by atoms with van der Waals surface area (Å²) in [6, 6.07) is 7.52. The number of fused-ring (bicyclic) bond motifs is 1. The van der Waals surface area contributed by atoms with E-state index in [1.807, 2.05) is 32.0 Å². The molecule has 3 rings (SSSR count). The van der Waals surface area contributed by atoms with Crippen LogP contribution in [-0.4, -0.2) is 0 Å². The van der Waals surface area contributed by atoms with E-state index in [2.05, 4.69) is 0 Å². The number of rotatable bonds is 2. The zero-order valence-corrected chi connectivity index (χ0v) is 15.7. The average molecular weight is 377 g/mol. The highest BCUT2D eigenvalue weighted by Gasteiger charge is 2.49. The van der Waals surface area contributed by atoms with Gasteiger partial charge in [-0.05, 0) is 30.4 Å². The molecule has 1 unspecified atom stereocenters. The number of thiophene rings is 1. The van der Waals surface area contributed by atoms with Crippen molar-refractivity contribution < 1.29 is 25.6 Å². The molecular formula is C19H24ClF3S. The number of hydrogen-bond donors (Lipinski definition) is 0. The zero-order chi connectivity index (χ0) is 16.6. The molecule has 1 aliphatic carbocycles. The Hall–Kier alpha value is -0.740. The quantitative estimate of drug-likeness (QED) is 0.529. The molecule has 0 nitrogen and oxygen atoms in total. The lowest BCUT2D eigenvalue weighted by molar-refractivity contribution is -0.0868. The Morgan fingerprint density at radius 3 is 2.17 bits per heavy atom. The van der Waals surface area contributed by atoms with E-state index in [1.54, 1.807) is 6.07 Å². The number of hydrogen-bond acceptors (Lipinski definition) is 0. The Balaban J connectivity index is 0.00000208. The first kappa shape index (κ1) is 19.6. The maximum absolute atomic E-state index is 13.9. The predicted molar refractivity (Wildman–Crippen MR) is 92.3 cm³/mol. The van der Waals surface area contributed by atoms with Gasteiger partial charge in [0.05, 0.1) is 10.5 Å². The van der Waals surface area contributed by atoms with Crippen LogP contribution in [0.15, 0.2) is 24.3 Å². The fraction of sp³-hybridized carbons (Fsp3) is 0.579. The van der Waals surface area contributed by atoms with Gasteiger partial charge in [-0.1, -0.05) is 45.6 Å². The van der Waals surface area contributed by atoms with Gasteiger partial charge in [-0.15, -0.1) is 13.2 Å². The molecule has 0 radical (unpaired) electrons. The van der Waals surface area contributed by atoms with Gasteiger partial charge in [0, 0.05) is 23.4 Å². The van der Waals surface area contributed by atoms with Crippen LogP contribution in [0.2, 0.25) is 0 Å². The molecule has 1 saturated carbocycles. The molecule has 134 valence electrons. The first-order chi connectivity index (χ1) is 10.9. The second-order valence-corrected chi connectivity index (χ2v) is 8.93. The molecule has 1 fully saturated rings. The Labute approximate surface area is 150 Å². The van der Waals surface area contributed by atoms with Gasteiger partial charge in [0.1, 0.15) is 0 Å². The number of benzene rings is 1. The van der Waals surface area contributed by atoms with Crippen LogP contribution in [0.1, 0.15) is 74.6 Å². The van der Waals surface area contributed by atoms with E-state index >= 15 is 0 Å². The minimum atomic E-state index is -4.17. The van der Waals surface area contributed by atoms with Crippen LogP contribution < -0.4 is 12.4 Å². The van der Waals surface area contributed by atoms with Crippen molar-refractivity contribution >= 4 is 20.6 Å². The smallest absolute Gasteiger partial charge is 0.600 e. The summed E-state index contributed by atoms with van der Waals surface area (Å²) in [5, 5.41) is 0.786. The van der Waals surface area contributed by atoms with E-state index in [4.69, 9.17) is 0 Å². The van der Waals surface area contributed by atoms with Gasteiger partial charge < -0.3 is 12.4 Å². The molecular weight excluding hydrogens is 353 g/mol. The second kappa shape index (κ2) is 7.65. The van der Waals surface area contributed by atoms with Gasteiger partial charge >= 0.3 is 5.51 Å². The van der Waals surface area contributed by atoms with E-state index in [-0.39, 0.29) is 24.2 Å². The summed E-state index contributed by atoms with van der Waals surface area (Å²) >= 11 is 0. The summed E-state index contributed by atoms with van der Waals surface area (Å²) in [5.74, 6) is 0.360. The van der Waals surface area contributed by atoms with Crippen LogP contribution in [0.3, 0.4) is 0 Å². The molecule has 5 heteroatoms. The number of halogens is 4. The Morgan fingerprint density at radius 1 is 1.00 bits per heavy atom. The summed E-state index contributed by atoms with van der Waals surface area (Å²) in [6.45, 7) is 4.06. The molecule has 1 aromatic heterocycles. The van der Waals surface area contributed by atoms with Crippen molar-refractivity contribution in [3.05, 3.63) is 34.7 Å². The number of alkyl halides is 3. The summed E-state index contributed by atoms with van der Waals surface area (Å²) in [7, 11) is -1.73. The minimum absolute atomic E-state index is 0. The minimum Gasteiger partial charge on any atom is -1.00 e. The van der Waals surface area contributed by atoms with Gasteiger partial charge in [-0.25, -0.2) is 0 Å². The molecule has 0 bridgehead atoms. The lowest BCUT2D eigenvalue weighted by Gasteiger charge is -2.10. The van der Waals surface area contributed by atoms with Crippen molar-refractivity contribution in [3.8, 4) is 0 Å². The maximum Gasteiger partial charge on any atom is 0.600 e. The van der Waals surface area contributed by atoms with Gasteiger partial charge in [-0.3, -0.25) is 0 Å². The summed E-state index contributed by atoms with van der Waals surface area (Å²) < 4.78 is 42.1. The van der Waals surface area contributed by atoms with Crippen molar-refractivity contribution in [2.75, 3.05) is 0 Å². The standard InChI is InChI=1S/C19H24F3S.ClH/c1-13(2)15-9-10-16-12-17(14-7-5-3-4-6-8-14)23(18(16)11-15)19(20,21)22;/h9-14H,3-8H2,1-2H3;1H/q+1;/p-1. The van der Waals surface area contributed by atoms with E-state index in [0.717, 1.165) is 49.5 Å². The molecule has 0 amide bonds. The lowest BCUT2D eigenvalue weighted by Crippen LogP contribution is -3.00. The summed E-state index contributed by atoms with van der Waals surface area (Å²) in [4.78, 5) is 0.648. The highest BCUT2D eigenvalue weighted by atomic mass is 35.5. The molecule has 0 spiro atoms. The zero-order valence-electron chi connectivity index (χ0n) is 14.1. The van der Waals surface area contributed by atoms with Crippen molar-refractivity contribution in [2.45, 2.75) is 69.7 Å². The first-order valence-corrected chi connectivity index (χ1v) is 9.77. The molecule has 1 aliphatic rings. The van der Waals surface area contributed by atoms with E-state index in [0.29, 0.717) is 9.58 Å². The van der Waals surface area contributed by atoms with Crippen LogP contribution in [0.5, 0.6) is 0 Å². The Morgan fingerprint density at radius 2 is 1.62 bits per heavy atom. The molecule has 0 N–H and O–H groups in total. The van der Waals surface area contributed by atoms with Crippen LogP contribution >= 0.6 is 10.5 Å². The van der Waals surface area contributed by atoms with E-state index < -0.39 is 16.0 Å². The normalized spacial score (nSPS) is 17.8. The third-order valence-electron chi connectivity index (χ3n) is 4.95. The van der Waals surface area contributed by atoms with Crippen LogP contribution in [0.25, 0.3) is 10.1 Å². The molecule has 1 atom stereocenters. The van der Waals surface area contributed by atoms with Crippen LogP contribution in [0, 0.1) is 0 Å². The fourth-order valence-electron chi connectivity index (χ4n) is 3.65. The molecule has 0 aliphatic heterocycles. The maximum atomic E-state index is 13.9. The average Bonchev–Trinajstić information content (AvgIpc) is 2.66. The molecule has 2 aromatic rings.